The Labute approximate surface area is 184 Å². The van der Waals surface area contributed by atoms with Crippen LogP contribution in [0.15, 0.2) is 85.2 Å². The Morgan fingerprint density at radius 3 is 2.31 bits per heavy atom. The maximum absolute atomic E-state index is 13.0. The van der Waals surface area contributed by atoms with Crippen molar-refractivity contribution in [2.45, 2.75) is 6.54 Å². The van der Waals surface area contributed by atoms with E-state index < -0.39 is 0 Å². The topological polar surface area (TPSA) is 73.3 Å². The molecule has 0 aliphatic carbocycles. The molecule has 7 heteroatoms. The molecule has 6 nitrogen and oxygen atoms in total. The smallest absolute Gasteiger partial charge is 0.321 e. The monoisotopic (exact) mass is 429 g/mol. The van der Waals surface area contributed by atoms with Gasteiger partial charge in [0.15, 0.2) is 0 Å². The zero-order valence-corrected chi connectivity index (χ0v) is 17.3. The first-order valence-electron chi connectivity index (χ1n) is 9.88. The predicted octanol–water partition coefficient (Wildman–Crippen LogP) is 5.01. The van der Waals surface area contributed by atoms with Gasteiger partial charge in [-0.05, 0) is 59.7 Å². The number of methoxy groups -OCH3 is 1. The molecule has 1 aromatic heterocycles. The Hall–Kier alpha value is -4.26. The summed E-state index contributed by atoms with van der Waals surface area (Å²) in [5.41, 5.74) is 3.14. The molecule has 3 aromatic carbocycles. The molecule has 0 unspecified atom stereocenters. The lowest BCUT2D eigenvalue weighted by Crippen LogP contribution is -2.22. The van der Waals surface area contributed by atoms with E-state index in [0.29, 0.717) is 17.9 Å². The van der Waals surface area contributed by atoms with Crippen LogP contribution in [0.2, 0.25) is 0 Å². The van der Waals surface area contributed by atoms with Gasteiger partial charge >= 0.3 is 6.01 Å². The maximum atomic E-state index is 13.0. The average molecular weight is 429 g/mol. The van der Waals surface area contributed by atoms with Crippen molar-refractivity contribution in [1.82, 2.24) is 15.3 Å². The van der Waals surface area contributed by atoms with Gasteiger partial charge in [-0.15, -0.1) is 0 Å². The summed E-state index contributed by atoms with van der Waals surface area (Å²) in [6.45, 7) is 0.404. The fraction of sp³-hybridized carbons (Fsp3) is 0.0800. The molecule has 0 aliphatic heterocycles. The summed E-state index contributed by atoms with van der Waals surface area (Å²) in [7, 11) is 1.61. The van der Waals surface area contributed by atoms with Crippen LogP contribution in [0.1, 0.15) is 15.9 Å². The van der Waals surface area contributed by atoms with Gasteiger partial charge in [-0.1, -0.05) is 24.3 Å². The molecule has 0 bridgehead atoms. The maximum Gasteiger partial charge on any atom is 0.321 e. The van der Waals surface area contributed by atoms with Gasteiger partial charge in [-0.3, -0.25) is 4.79 Å². The summed E-state index contributed by atoms with van der Waals surface area (Å²) in [4.78, 5) is 20.8. The van der Waals surface area contributed by atoms with Gasteiger partial charge in [0.2, 0.25) is 0 Å². The van der Waals surface area contributed by atoms with E-state index in [1.54, 1.807) is 31.6 Å². The largest absolute Gasteiger partial charge is 0.497 e. The summed E-state index contributed by atoms with van der Waals surface area (Å²) in [6.07, 6.45) is 3.26. The van der Waals surface area contributed by atoms with E-state index in [1.165, 1.54) is 24.3 Å². The molecule has 1 heterocycles. The van der Waals surface area contributed by atoms with Crippen LogP contribution in [0.25, 0.3) is 11.1 Å². The zero-order chi connectivity index (χ0) is 22.3. The van der Waals surface area contributed by atoms with Crippen LogP contribution in [0.3, 0.4) is 0 Å². The predicted molar refractivity (Wildman–Crippen MR) is 118 cm³/mol. The number of carbonyl (C=O) groups is 1. The van der Waals surface area contributed by atoms with Crippen molar-refractivity contribution in [3.05, 3.63) is 102 Å². The van der Waals surface area contributed by atoms with E-state index in [0.717, 1.165) is 22.4 Å². The number of aromatic nitrogens is 2. The first-order valence-corrected chi connectivity index (χ1v) is 9.88. The van der Waals surface area contributed by atoms with Crippen molar-refractivity contribution in [2.75, 3.05) is 7.11 Å². The number of rotatable bonds is 7. The van der Waals surface area contributed by atoms with Crippen molar-refractivity contribution in [2.24, 2.45) is 0 Å². The Balaban J connectivity index is 1.37. The summed E-state index contributed by atoms with van der Waals surface area (Å²) in [5, 5.41) is 2.90. The lowest BCUT2D eigenvalue weighted by atomic mass is 10.1. The molecule has 4 aromatic rings. The van der Waals surface area contributed by atoms with Gasteiger partial charge in [0.1, 0.15) is 17.3 Å². The van der Waals surface area contributed by atoms with Gasteiger partial charge < -0.3 is 14.8 Å². The molecule has 0 aliphatic rings. The van der Waals surface area contributed by atoms with Crippen molar-refractivity contribution in [1.29, 1.82) is 0 Å². The number of benzene rings is 3. The van der Waals surface area contributed by atoms with Crippen LogP contribution in [-0.2, 0) is 6.54 Å². The van der Waals surface area contributed by atoms with Crippen molar-refractivity contribution in [3.8, 4) is 28.6 Å². The second kappa shape index (κ2) is 9.70. The lowest BCUT2D eigenvalue weighted by molar-refractivity contribution is 0.0951. The van der Waals surface area contributed by atoms with Crippen LogP contribution >= 0.6 is 0 Å². The third-order valence-corrected chi connectivity index (χ3v) is 4.72. The first kappa shape index (κ1) is 21.0. The Morgan fingerprint density at radius 2 is 1.62 bits per heavy atom. The molecule has 1 N–H and O–H groups in total. The van der Waals surface area contributed by atoms with Crippen LogP contribution in [-0.4, -0.2) is 23.0 Å². The molecule has 160 valence electrons. The number of nitrogens with one attached hydrogen (secondary N) is 1. The molecule has 0 saturated carbocycles. The van der Waals surface area contributed by atoms with Crippen LogP contribution in [0, 0.1) is 5.82 Å². The quantitative estimate of drug-likeness (QED) is 0.447. The normalized spacial score (nSPS) is 10.4. The third-order valence-electron chi connectivity index (χ3n) is 4.72. The van der Waals surface area contributed by atoms with E-state index in [9.17, 15) is 9.18 Å². The minimum Gasteiger partial charge on any atom is -0.497 e. The van der Waals surface area contributed by atoms with Crippen molar-refractivity contribution < 1.29 is 18.7 Å². The number of hydrogen-bond donors (Lipinski definition) is 1. The van der Waals surface area contributed by atoms with Crippen LogP contribution < -0.4 is 14.8 Å². The highest BCUT2D eigenvalue weighted by molar-refractivity contribution is 5.94. The second-order valence-corrected chi connectivity index (χ2v) is 6.92. The SMILES string of the molecule is COc1cccc(CNC(=O)c2ccc(-c3cnc(Oc4ccc(F)cc4)nc3)cc2)c1. The molecule has 0 atom stereocenters. The molecular formula is C25H20FN3O3. The molecule has 0 radical (unpaired) electrons. The Bertz CT molecular complexity index is 1190. The molecule has 4 rings (SSSR count). The minimum atomic E-state index is -0.342. The van der Waals surface area contributed by atoms with E-state index in [4.69, 9.17) is 9.47 Å². The van der Waals surface area contributed by atoms with Crippen molar-refractivity contribution >= 4 is 5.91 Å². The number of hydrogen-bond acceptors (Lipinski definition) is 5. The molecule has 1 amide bonds. The summed E-state index contributed by atoms with van der Waals surface area (Å²) < 4.78 is 23.7. The van der Waals surface area contributed by atoms with Crippen LogP contribution in [0.5, 0.6) is 17.5 Å². The third kappa shape index (κ3) is 5.26. The fourth-order valence-electron chi connectivity index (χ4n) is 3.01. The number of carbonyl (C=O) groups excluding carboxylic acids is 1. The summed E-state index contributed by atoms with van der Waals surface area (Å²) >= 11 is 0. The highest BCUT2D eigenvalue weighted by atomic mass is 19.1. The van der Waals surface area contributed by atoms with Gasteiger partial charge in [-0.2, -0.15) is 0 Å². The summed E-state index contributed by atoms with van der Waals surface area (Å²) in [6, 6.07) is 20.5. The number of halogens is 1. The first-order chi connectivity index (χ1) is 15.6. The Kier molecular flexibility index (Phi) is 6.36. The lowest BCUT2D eigenvalue weighted by Gasteiger charge is -2.08. The van der Waals surface area contributed by atoms with Gasteiger partial charge in [0, 0.05) is 30.1 Å². The highest BCUT2D eigenvalue weighted by Crippen LogP contribution is 2.22. The zero-order valence-electron chi connectivity index (χ0n) is 17.3. The molecular weight excluding hydrogens is 409 g/mol. The van der Waals surface area contributed by atoms with Gasteiger partial charge in [0.25, 0.3) is 5.91 Å². The molecule has 0 fully saturated rings. The van der Waals surface area contributed by atoms with Crippen molar-refractivity contribution in [3.63, 3.8) is 0 Å². The molecule has 0 spiro atoms. The number of ether oxygens (including phenoxy) is 2. The second-order valence-electron chi connectivity index (χ2n) is 6.92. The van der Waals surface area contributed by atoms with Gasteiger partial charge in [-0.25, -0.2) is 14.4 Å². The standard InChI is InChI=1S/C25H20FN3O3/c1-31-23-4-2-3-17(13-23)14-27-24(30)19-7-5-18(6-8-19)20-15-28-25(29-16-20)32-22-11-9-21(26)10-12-22/h2-13,15-16H,14H2,1H3,(H,27,30). The highest BCUT2D eigenvalue weighted by Gasteiger charge is 2.08. The Morgan fingerprint density at radius 1 is 0.906 bits per heavy atom. The van der Waals surface area contributed by atoms with E-state index in [-0.39, 0.29) is 17.7 Å². The fourth-order valence-corrected chi connectivity index (χ4v) is 3.01. The summed E-state index contributed by atoms with van der Waals surface area (Å²) in [5.74, 6) is 0.686. The van der Waals surface area contributed by atoms with Crippen LogP contribution in [0.4, 0.5) is 4.39 Å². The molecule has 32 heavy (non-hydrogen) atoms. The van der Waals surface area contributed by atoms with E-state index in [2.05, 4.69) is 15.3 Å². The van der Waals surface area contributed by atoms with E-state index >= 15 is 0 Å². The van der Waals surface area contributed by atoms with E-state index in [1.807, 2.05) is 36.4 Å². The minimum absolute atomic E-state index is 0.161. The number of amides is 1. The molecule has 0 saturated heterocycles. The van der Waals surface area contributed by atoms with Gasteiger partial charge in [0.05, 0.1) is 7.11 Å². The number of nitrogens with zero attached hydrogens (tertiary/aromatic N) is 2. The average Bonchev–Trinajstić information content (AvgIpc) is 2.85.